The predicted octanol–water partition coefficient (Wildman–Crippen LogP) is 4.42. The van der Waals surface area contributed by atoms with Crippen molar-refractivity contribution in [2.75, 3.05) is 42.9 Å². The van der Waals surface area contributed by atoms with E-state index >= 15 is 0 Å². The third-order valence-corrected chi connectivity index (χ3v) is 7.49. The van der Waals surface area contributed by atoms with Crippen LogP contribution in [0.3, 0.4) is 0 Å². The van der Waals surface area contributed by atoms with E-state index in [-0.39, 0.29) is 15.8 Å². The number of nitrogens with one attached hydrogen (secondary N) is 1. The molecule has 7 nitrogen and oxygen atoms in total. The van der Waals surface area contributed by atoms with Crippen molar-refractivity contribution in [1.82, 2.24) is 4.90 Å². The first kappa shape index (κ1) is 23.9. The monoisotopic (exact) mass is 499 g/mol. The van der Waals surface area contributed by atoms with Crippen LogP contribution in [0.1, 0.15) is 15.9 Å². The lowest BCUT2D eigenvalue weighted by Gasteiger charge is -2.36. The standard InChI is InChI=1S/C25H26ClN3O4S/c1-18-7-10-20(11-8-18)34(31,32)27-19-9-12-21(22(26)17-19)25(30)29-15-13-28(14-16-29)23-5-3-4-6-24(23)33-2/h3-12,17,27H,13-16H2,1-2H3. The van der Waals surface area contributed by atoms with Crippen LogP contribution in [0.4, 0.5) is 11.4 Å². The highest BCUT2D eigenvalue weighted by atomic mass is 35.5. The van der Waals surface area contributed by atoms with Gasteiger partial charge in [0.25, 0.3) is 15.9 Å². The molecule has 1 heterocycles. The van der Waals surface area contributed by atoms with Crippen LogP contribution in [0.25, 0.3) is 0 Å². The van der Waals surface area contributed by atoms with E-state index in [1.807, 2.05) is 31.2 Å². The Labute approximate surface area is 205 Å². The summed E-state index contributed by atoms with van der Waals surface area (Å²) < 4.78 is 33.2. The van der Waals surface area contributed by atoms with Gasteiger partial charge in [0.1, 0.15) is 5.75 Å². The number of amides is 1. The quantitative estimate of drug-likeness (QED) is 0.543. The summed E-state index contributed by atoms with van der Waals surface area (Å²) >= 11 is 6.39. The molecule has 0 aliphatic carbocycles. The molecule has 0 radical (unpaired) electrons. The number of carbonyl (C=O) groups excluding carboxylic acids is 1. The smallest absolute Gasteiger partial charge is 0.261 e. The molecule has 0 unspecified atom stereocenters. The van der Waals surface area contributed by atoms with E-state index in [0.29, 0.717) is 37.4 Å². The first-order chi connectivity index (χ1) is 16.3. The van der Waals surface area contributed by atoms with E-state index in [1.54, 1.807) is 48.4 Å². The van der Waals surface area contributed by atoms with Crippen LogP contribution in [0.5, 0.6) is 5.75 Å². The zero-order chi connectivity index (χ0) is 24.3. The van der Waals surface area contributed by atoms with Crippen molar-refractivity contribution in [3.8, 4) is 5.75 Å². The van der Waals surface area contributed by atoms with Crippen molar-refractivity contribution in [1.29, 1.82) is 0 Å². The van der Waals surface area contributed by atoms with Crippen LogP contribution in [0.15, 0.2) is 71.6 Å². The molecule has 1 aliphatic heterocycles. The number of benzene rings is 3. The number of ether oxygens (including phenoxy) is 1. The van der Waals surface area contributed by atoms with Gasteiger partial charge in [-0.2, -0.15) is 0 Å². The maximum atomic E-state index is 13.1. The molecular formula is C25H26ClN3O4S. The Kier molecular flexibility index (Phi) is 7.00. The Bertz CT molecular complexity index is 1290. The molecule has 1 saturated heterocycles. The minimum atomic E-state index is -3.76. The molecule has 0 spiro atoms. The van der Waals surface area contributed by atoms with Crippen molar-refractivity contribution in [3.05, 3.63) is 82.9 Å². The van der Waals surface area contributed by atoms with E-state index in [0.717, 1.165) is 17.0 Å². The van der Waals surface area contributed by atoms with Gasteiger partial charge in [0.15, 0.2) is 0 Å². The molecule has 0 atom stereocenters. The Morgan fingerprint density at radius 2 is 1.65 bits per heavy atom. The van der Waals surface area contributed by atoms with Crippen molar-refractivity contribution in [2.45, 2.75) is 11.8 Å². The van der Waals surface area contributed by atoms with Gasteiger partial charge >= 0.3 is 0 Å². The number of halogens is 1. The van der Waals surface area contributed by atoms with Crippen LogP contribution in [0.2, 0.25) is 5.02 Å². The van der Waals surface area contributed by atoms with Crippen LogP contribution < -0.4 is 14.4 Å². The van der Waals surface area contributed by atoms with Gasteiger partial charge in [-0.1, -0.05) is 41.4 Å². The second-order valence-corrected chi connectivity index (χ2v) is 10.2. The molecule has 0 aromatic heterocycles. The summed E-state index contributed by atoms with van der Waals surface area (Å²) in [5.74, 6) is 0.617. The lowest BCUT2D eigenvalue weighted by molar-refractivity contribution is 0.0747. The van der Waals surface area contributed by atoms with Gasteiger partial charge in [-0.25, -0.2) is 8.42 Å². The summed E-state index contributed by atoms with van der Waals surface area (Å²) in [6.07, 6.45) is 0. The van der Waals surface area contributed by atoms with Crippen molar-refractivity contribution < 1.29 is 17.9 Å². The van der Waals surface area contributed by atoms with Gasteiger partial charge in [0, 0.05) is 26.2 Å². The third-order valence-electron chi connectivity index (χ3n) is 5.78. The number of aryl methyl sites for hydroxylation is 1. The van der Waals surface area contributed by atoms with Gasteiger partial charge in [0.2, 0.25) is 0 Å². The molecule has 3 aromatic carbocycles. The van der Waals surface area contributed by atoms with E-state index in [9.17, 15) is 13.2 Å². The van der Waals surface area contributed by atoms with Crippen molar-refractivity contribution in [3.63, 3.8) is 0 Å². The fraction of sp³-hybridized carbons (Fsp3) is 0.240. The zero-order valence-corrected chi connectivity index (χ0v) is 20.6. The van der Waals surface area contributed by atoms with Crippen LogP contribution in [-0.4, -0.2) is 52.5 Å². The zero-order valence-electron chi connectivity index (χ0n) is 19.0. The van der Waals surface area contributed by atoms with E-state index in [2.05, 4.69) is 9.62 Å². The number of methoxy groups -OCH3 is 1. The molecule has 178 valence electrons. The number of hydrogen-bond donors (Lipinski definition) is 1. The van der Waals surface area contributed by atoms with Crippen molar-refractivity contribution in [2.24, 2.45) is 0 Å². The van der Waals surface area contributed by atoms with Gasteiger partial charge in [-0.05, 0) is 49.4 Å². The second kappa shape index (κ2) is 9.95. The van der Waals surface area contributed by atoms with Crippen LogP contribution in [0, 0.1) is 6.92 Å². The number of anilines is 2. The summed E-state index contributed by atoms with van der Waals surface area (Å²) in [7, 11) is -2.11. The number of para-hydroxylation sites is 2. The predicted molar refractivity (Wildman–Crippen MR) is 135 cm³/mol. The Morgan fingerprint density at radius 3 is 2.29 bits per heavy atom. The number of rotatable bonds is 6. The van der Waals surface area contributed by atoms with Gasteiger partial charge < -0.3 is 14.5 Å². The first-order valence-corrected chi connectivity index (χ1v) is 12.7. The van der Waals surface area contributed by atoms with E-state index in [1.165, 1.54) is 6.07 Å². The van der Waals surface area contributed by atoms with Gasteiger partial charge in [-0.3, -0.25) is 9.52 Å². The third kappa shape index (κ3) is 5.13. The number of hydrogen-bond acceptors (Lipinski definition) is 5. The Hall–Kier alpha value is -3.23. The average Bonchev–Trinajstić information content (AvgIpc) is 2.84. The number of carbonyl (C=O) groups is 1. The molecule has 1 fully saturated rings. The Morgan fingerprint density at radius 1 is 0.971 bits per heavy atom. The fourth-order valence-corrected chi connectivity index (χ4v) is 5.21. The highest BCUT2D eigenvalue weighted by Crippen LogP contribution is 2.29. The highest BCUT2D eigenvalue weighted by molar-refractivity contribution is 7.92. The first-order valence-electron chi connectivity index (χ1n) is 10.8. The maximum absolute atomic E-state index is 13.1. The summed E-state index contributed by atoms with van der Waals surface area (Å²) in [6.45, 7) is 4.29. The number of nitrogens with zero attached hydrogens (tertiary/aromatic N) is 2. The molecule has 0 bridgehead atoms. The van der Waals surface area contributed by atoms with E-state index in [4.69, 9.17) is 16.3 Å². The minimum absolute atomic E-state index is 0.155. The molecule has 1 aliphatic rings. The Balaban J connectivity index is 1.43. The average molecular weight is 500 g/mol. The molecule has 1 amide bonds. The lowest BCUT2D eigenvalue weighted by atomic mass is 10.1. The summed E-state index contributed by atoms with van der Waals surface area (Å²) in [5, 5.41) is 0.196. The van der Waals surface area contributed by atoms with E-state index < -0.39 is 10.0 Å². The number of sulfonamides is 1. The summed E-state index contributed by atoms with van der Waals surface area (Å²) in [5.41, 5.74) is 2.60. The highest BCUT2D eigenvalue weighted by Gasteiger charge is 2.25. The molecular weight excluding hydrogens is 474 g/mol. The maximum Gasteiger partial charge on any atom is 0.261 e. The van der Waals surface area contributed by atoms with Crippen LogP contribution >= 0.6 is 11.6 Å². The largest absolute Gasteiger partial charge is 0.495 e. The summed E-state index contributed by atoms with van der Waals surface area (Å²) in [6, 6.07) is 18.9. The lowest BCUT2D eigenvalue weighted by Crippen LogP contribution is -2.49. The van der Waals surface area contributed by atoms with Crippen molar-refractivity contribution >= 4 is 38.9 Å². The molecule has 34 heavy (non-hydrogen) atoms. The minimum Gasteiger partial charge on any atom is -0.495 e. The molecule has 0 saturated carbocycles. The van der Waals surface area contributed by atoms with Gasteiger partial charge in [0.05, 0.1) is 34.0 Å². The fourth-order valence-electron chi connectivity index (χ4n) is 3.90. The molecule has 4 rings (SSSR count). The number of piperazine rings is 1. The second-order valence-electron chi connectivity index (χ2n) is 8.06. The molecule has 9 heteroatoms. The molecule has 1 N–H and O–H groups in total. The normalized spacial score (nSPS) is 14.1. The SMILES string of the molecule is COc1ccccc1N1CCN(C(=O)c2ccc(NS(=O)(=O)c3ccc(C)cc3)cc2Cl)CC1. The summed E-state index contributed by atoms with van der Waals surface area (Å²) in [4.78, 5) is 17.2. The molecule has 3 aromatic rings. The topological polar surface area (TPSA) is 79.0 Å². The van der Waals surface area contributed by atoms with Crippen LogP contribution in [-0.2, 0) is 10.0 Å². The van der Waals surface area contributed by atoms with Gasteiger partial charge in [-0.15, -0.1) is 0 Å².